The van der Waals surface area contributed by atoms with Gasteiger partial charge in [0.1, 0.15) is 6.61 Å². The number of unbranched alkanes of at least 4 members (excludes halogenated alkanes) is 22. The first-order chi connectivity index (χ1) is 28.3. The molecule has 2 atom stereocenters. The second kappa shape index (κ2) is 44.5. The van der Waals surface area contributed by atoms with Crippen LogP contribution in [0.1, 0.15) is 206 Å². The fourth-order valence-corrected chi connectivity index (χ4v) is 7.12. The van der Waals surface area contributed by atoms with Crippen molar-refractivity contribution >= 4 is 19.8 Å². The number of carbonyl (C=O) groups is 2. The molecule has 0 amide bonds. The molecule has 0 fully saturated rings. The summed E-state index contributed by atoms with van der Waals surface area (Å²) in [5.41, 5.74) is 0. The van der Waals surface area contributed by atoms with E-state index in [1.54, 1.807) is 7.05 Å². The molecular formula is C48H88NO8P. The van der Waals surface area contributed by atoms with Gasteiger partial charge in [0.05, 0.1) is 13.2 Å². The van der Waals surface area contributed by atoms with Crippen LogP contribution in [0.2, 0.25) is 0 Å². The lowest BCUT2D eigenvalue weighted by atomic mass is 10.0. The maximum Gasteiger partial charge on any atom is 0.472 e. The van der Waals surface area contributed by atoms with Gasteiger partial charge in [-0.05, 0) is 58.4 Å². The number of carbonyl (C=O) groups excluding carboxylic acids is 2. The Balaban J connectivity index is 4.23. The number of ether oxygens (including phenoxy) is 2. The van der Waals surface area contributed by atoms with Crippen molar-refractivity contribution in [3.05, 3.63) is 48.6 Å². The van der Waals surface area contributed by atoms with Crippen molar-refractivity contribution in [2.24, 2.45) is 0 Å². The average molecular weight is 838 g/mol. The molecule has 10 heteroatoms. The zero-order valence-corrected chi connectivity index (χ0v) is 38.4. The average Bonchev–Trinajstić information content (AvgIpc) is 3.21. The van der Waals surface area contributed by atoms with Gasteiger partial charge >= 0.3 is 19.8 Å². The lowest BCUT2D eigenvalue weighted by Gasteiger charge is -2.20. The van der Waals surface area contributed by atoms with Crippen LogP contribution in [-0.2, 0) is 32.7 Å². The van der Waals surface area contributed by atoms with E-state index in [4.69, 9.17) is 18.5 Å². The minimum absolute atomic E-state index is 0.0252. The smallest absolute Gasteiger partial charge is 0.462 e. The number of hydrogen-bond donors (Lipinski definition) is 2. The van der Waals surface area contributed by atoms with E-state index in [1.807, 2.05) is 0 Å². The van der Waals surface area contributed by atoms with Crippen LogP contribution in [0.25, 0.3) is 0 Å². The van der Waals surface area contributed by atoms with Gasteiger partial charge in [0.15, 0.2) is 6.10 Å². The number of rotatable bonds is 44. The van der Waals surface area contributed by atoms with Crippen molar-refractivity contribution in [1.29, 1.82) is 0 Å². The Labute approximate surface area is 356 Å². The highest BCUT2D eigenvalue weighted by atomic mass is 31.2. The molecule has 0 bridgehead atoms. The monoisotopic (exact) mass is 838 g/mol. The molecule has 0 saturated carbocycles. The molecule has 0 spiro atoms. The Morgan fingerprint density at radius 1 is 0.534 bits per heavy atom. The second-order valence-corrected chi connectivity index (χ2v) is 17.0. The molecule has 0 aliphatic rings. The summed E-state index contributed by atoms with van der Waals surface area (Å²) in [5.74, 6) is -0.866. The fraction of sp³-hybridized carbons (Fsp3) is 0.792. The highest BCUT2D eigenvalue weighted by molar-refractivity contribution is 7.47. The molecule has 338 valence electrons. The van der Waals surface area contributed by atoms with E-state index in [9.17, 15) is 19.0 Å². The first kappa shape index (κ1) is 56.0. The molecule has 58 heavy (non-hydrogen) atoms. The van der Waals surface area contributed by atoms with Crippen LogP contribution in [-0.4, -0.2) is 56.3 Å². The highest BCUT2D eigenvalue weighted by Gasteiger charge is 2.26. The van der Waals surface area contributed by atoms with Crippen molar-refractivity contribution in [2.75, 3.05) is 33.4 Å². The van der Waals surface area contributed by atoms with Gasteiger partial charge in [-0.15, -0.1) is 0 Å². The first-order valence-corrected chi connectivity index (χ1v) is 25.1. The van der Waals surface area contributed by atoms with Crippen LogP contribution in [0.4, 0.5) is 0 Å². The summed E-state index contributed by atoms with van der Waals surface area (Å²) in [4.78, 5) is 35.1. The van der Waals surface area contributed by atoms with Gasteiger partial charge in [-0.1, -0.05) is 191 Å². The van der Waals surface area contributed by atoms with Gasteiger partial charge in [-0.3, -0.25) is 18.6 Å². The third-order valence-electron chi connectivity index (χ3n) is 9.95. The van der Waals surface area contributed by atoms with E-state index < -0.39 is 32.5 Å². The third-order valence-corrected chi connectivity index (χ3v) is 10.9. The Bertz CT molecular complexity index is 1090. The van der Waals surface area contributed by atoms with Crippen LogP contribution >= 0.6 is 7.82 Å². The molecule has 0 aromatic rings. The molecule has 0 radical (unpaired) electrons. The lowest BCUT2D eigenvalue weighted by Crippen LogP contribution is -2.29. The minimum atomic E-state index is -4.36. The van der Waals surface area contributed by atoms with Gasteiger partial charge in [0.25, 0.3) is 0 Å². The van der Waals surface area contributed by atoms with Crippen molar-refractivity contribution in [3.8, 4) is 0 Å². The summed E-state index contributed by atoms with van der Waals surface area (Å²) in [5, 5.41) is 2.82. The predicted octanol–water partition coefficient (Wildman–Crippen LogP) is 13.8. The number of allylic oxidation sites excluding steroid dienone is 8. The number of likely N-dealkylation sites (N-methyl/N-ethyl adjacent to an activating group) is 1. The molecule has 0 aliphatic carbocycles. The van der Waals surface area contributed by atoms with E-state index in [2.05, 4.69) is 67.8 Å². The standard InChI is InChI=1S/C48H88NO8P/c1-4-6-8-10-12-14-16-18-20-22-23-25-27-29-31-33-35-37-39-41-48(51)57-46(45-56-58(52,53)55-43-42-49-3)44-54-47(50)40-38-36-34-32-30-28-26-24-21-19-17-15-13-11-9-7-5-2/h13,15,19,21,26,28,32,34,46,49H,4-12,14,16-18,20,22-25,27,29-31,33,35-45H2,1-3H3,(H,52,53)/b15-13-,21-19-,28-26-,34-32-. The molecule has 2 unspecified atom stereocenters. The van der Waals surface area contributed by atoms with Crippen LogP contribution in [0.3, 0.4) is 0 Å². The summed E-state index contributed by atoms with van der Waals surface area (Å²) in [7, 11) is -2.67. The Morgan fingerprint density at radius 2 is 0.948 bits per heavy atom. The van der Waals surface area contributed by atoms with Gasteiger partial charge in [-0.25, -0.2) is 4.57 Å². The van der Waals surface area contributed by atoms with Gasteiger partial charge in [-0.2, -0.15) is 0 Å². The zero-order valence-electron chi connectivity index (χ0n) is 37.5. The van der Waals surface area contributed by atoms with Gasteiger partial charge in [0, 0.05) is 19.4 Å². The maximum atomic E-state index is 12.7. The number of phosphoric ester groups is 1. The van der Waals surface area contributed by atoms with E-state index >= 15 is 0 Å². The van der Waals surface area contributed by atoms with Crippen molar-refractivity contribution in [1.82, 2.24) is 5.32 Å². The third kappa shape index (κ3) is 43.5. The summed E-state index contributed by atoms with van der Waals surface area (Å²) in [6.07, 6.45) is 50.2. The summed E-state index contributed by atoms with van der Waals surface area (Å²) < 4.78 is 33.2. The second-order valence-electron chi connectivity index (χ2n) is 15.6. The Hall–Kier alpha value is -2.03. The topological polar surface area (TPSA) is 120 Å². The van der Waals surface area contributed by atoms with Crippen LogP contribution in [0, 0.1) is 0 Å². The van der Waals surface area contributed by atoms with Gasteiger partial charge in [0.2, 0.25) is 0 Å². The molecule has 0 aromatic carbocycles. The van der Waals surface area contributed by atoms with Crippen molar-refractivity contribution in [3.63, 3.8) is 0 Å². The molecule has 0 aromatic heterocycles. The fourth-order valence-electron chi connectivity index (χ4n) is 6.37. The summed E-state index contributed by atoms with van der Waals surface area (Å²) in [6, 6.07) is 0. The van der Waals surface area contributed by atoms with E-state index in [0.29, 0.717) is 19.4 Å². The quantitative estimate of drug-likeness (QED) is 0.0267. The predicted molar refractivity (Wildman–Crippen MR) is 243 cm³/mol. The van der Waals surface area contributed by atoms with Crippen LogP contribution < -0.4 is 5.32 Å². The van der Waals surface area contributed by atoms with Crippen LogP contribution in [0.5, 0.6) is 0 Å². The number of phosphoric acid groups is 1. The lowest BCUT2D eigenvalue weighted by molar-refractivity contribution is -0.161. The SMILES string of the molecule is CCCCC/C=C\C/C=C\C/C=C\C/C=C\CCCC(=O)OCC(COP(=O)(O)OCCNC)OC(=O)CCCCCCCCCCCCCCCCCCCCC. The Morgan fingerprint density at radius 3 is 1.43 bits per heavy atom. The van der Waals surface area contributed by atoms with Crippen molar-refractivity contribution in [2.45, 2.75) is 213 Å². The van der Waals surface area contributed by atoms with Gasteiger partial charge < -0.3 is 19.7 Å². The molecule has 0 aliphatic heterocycles. The van der Waals surface area contributed by atoms with Crippen LogP contribution in [0.15, 0.2) is 48.6 Å². The molecule has 0 saturated heterocycles. The number of esters is 2. The summed E-state index contributed by atoms with van der Waals surface area (Å²) >= 11 is 0. The molecule has 9 nitrogen and oxygen atoms in total. The Kier molecular flexibility index (Phi) is 43.0. The number of nitrogens with one attached hydrogen (secondary N) is 1. The summed E-state index contributed by atoms with van der Waals surface area (Å²) in [6.45, 7) is 4.16. The van der Waals surface area contributed by atoms with E-state index in [1.165, 1.54) is 128 Å². The molecular weight excluding hydrogens is 750 g/mol. The maximum absolute atomic E-state index is 12.7. The molecule has 0 heterocycles. The zero-order chi connectivity index (χ0) is 42.5. The number of hydrogen-bond acceptors (Lipinski definition) is 8. The normalized spacial score (nSPS) is 13.7. The van der Waals surface area contributed by atoms with E-state index in [-0.39, 0.29) is 26.1 Å². The van der Waals surface area contributed by atoms with Crippen molar-refractivity contribution < 1.29 is 37.6 Å². The van der Waals surface area contributed by atoms with E-state index in [0.717, 1.165) is 38.5 Å². The largest absolute Gasteiger partial charge is 0.472 e. The molecule has 2 N–H and O–H groups in total. The minimum Gasteiger partial charge on any atom is -0.462 e. The first-order valence-electron chi connectivity index (χ1n) is 23.6. The highest BCUT2D eigenvalue weighted by Crippen LogP contribution is 2.43. The molecule has 0 rings (SSSR count).